The Morgan fingerprint density at radius 2 is 1.86 bits per heavy atom. The van der Waals surface area contributed by atoms with Crippen molar-refractivity contribution in [2.75, 3.05) is 45.4 Å². The van der Waals surface area contributed by atoms with Gasteiger partial charge in [-0.05, 0) is 12.8 Å². The molecule has 0 bridgehead atoms. The summed E-state index contributed by atoms with van der Waals surface area (Å²) in [5, 5.41) is 3.27. The Balaban J connectivity index is 2.48. The summed E-state index contributed by atoms with van der Waals surface area (Å²) < 4.78 is 15.9. The second kappa shape index (κ2) is 11.3. The first-order chi connectivity index (χ1) is 10.3. The van der Waals surface area contributed by atoms with Crippen molar-refractivity contribution in [3.63, 3.8) is 0 Å². The van der Waals surface area contributed by atoms with E-state index in [2.05, 4.69) is 29.1 Å². The predicted octanol–water partition coefficient (Wildman–Crippen LogP) is 2.29. The molecule has 0 amide bonds. The summed E-state index contributed by atoms with van der Waals surface area (Å²) >= 11 is 0. The molecule has 0 unspecified atom stereocenters. The first-order valence-corrected chi connectivity index (χ1v) is 7.61. The van der Waals surface area contributed by atoms with E-state index in [1.165, 1.54) is 0 Å². The average molecular weight is 297 g/mol. The van der Waals surface area contributed by atoms with E-state index >= 15 is 0 Å². The van der Waals surface area contributed by atoms with Gasteiger partial charge < -0.3 is 19.5 Å². The van der Waals surface area contributed by atoms with Crippen molar-refractivity contribution in [1.29, 1.82) is 0 Å². The van der Waals surface area contributed by atoms with Crippen LogP contribution >= 0.6 is 0 Å². The number of aryl methyl sites for hydroxylation is 1. The molecule has 0 atom stereocenters. The molecule has 6 heteroatoms. The standard InChI is InChI=1S/C15H27N3O3/c1-4-6-13-17-14(16-7-5-2)12-15(18-13)21-11-10-20-9-8-19-3/h12H,4-11H2,1-3H3,(H,16,17,18). The molecule has 1 aromatic heterocycles. The van der Waals surface area contributed by atoms with Crippen LogP contribution < -0.4 is 10.1 Å². The highest BCUT2D eigenvalue weighted by Gasteiger charge is 2.05. The maximum atomic E-state index is 5.64. The van der Waals surface area contributed by atoms with Crippen molar-refractivity contribution >= 4 is 5.82 Å². The number of hydrogen-bond acceptors (Lipinski definition) is 6. The molecule has 120 valence electrons. The Morgan fingerprint density at radius 3 is 2.57 bits per heavy atom. The number of hydrogen-bond donors (Lipinski definition) is 1. The molecule has 0 aliphatic heterocycles. The SMILES string of the molecule is CCCNc1cc(OCCOCCOC)nc(CCC)n1. The van der Waals surface area contributed by atoms with E-state index in [-0.39, 0.29) is 0 Å². The molecule has 0 fully saturated rings. The third-order valence-electron chi connectivity index (χ3n) is 2.69. The van der Waals surface area contributed by atoms with E-state index in [9.17, 15) is 0 Å². The molecule has 21 heavy (non-hydrogen) atoms. The monoisotopic (exact) mass is 297 g/mol. The van der Waals surface area contributed by atoms with Crippen molar-refractivity contribution in [2.24, 2.45) is 0 Å². The fourth-order valence-corrected chi connectivity index (χ4v) is 1.68. The van der Waals surface area contributed by atoms with Gasteiger partial charge in [-0.1, -0.05) is 13.8 Å². The van der Waals surface area contributed by atoms with Gasteiger partial charge in [-0.2, -0.15) is 4.98 Å². The van der Waals surface area contributed by atoms with Gasteiger partial charge in [0, 0.05) is 26.1 Å². The second-order valence-electron chi connectivity index (χ2n) is 4.64. The maximum absolute atomic E-state index is 5.64. The molecular formula is C15H27N3O3. The number of rotatable bonds is 12. The van der Waals surface area contributed by atoms with Crippen LogP contribution in [0.5, 0.6) is 5.88 Å². The molecule has 1 N–H and O–H groups in total. The minimum Gasteiger partial charge on any atom is -0.475 e. The van der Waals surface area contributed by atoms with Gasteiger partial charge in [0.2, 0.25) is 5.88 Å². The van der Waals surface area contributed by atoms with Crippen LogP contribution in [0.25, 0.3) is 0 Å². The van der Waals surface area contributed by atoms with Crippen LogP contribution in [0.1, 0.15) is 32.5 Å². The Kier molecular flexibility index (Phi) is 9.48. The zero-order chi connectivity index (χ0) is 15.3. The lowest BCUT2D eigenvalue weighted by atomic mass is 10.3. The second-order valence-corrected chi connectivity index (χ2v) is 4.64. The van der Waals surface area contributed by atoms with Crippen LogP contribution in [-0.4, -0.2) is 50.1 Å². The number of aromatic nitrogens is 2. The quantitative estimate of drug-likeness (QED) is 0.597. The van der Waals surface area contributed by atoms with E-state index in [1.807, 2.05) is 6.07 Å². The largest absolute Gasteiger partial charge is 0.475 e. The van der Waals surface area contributed by atoms with Crippen LogP contribution in [0, 0.1) is 0 Å². The summed E-state index contributed by atoms with van der Waals surface area (Å²) in [6.07, 6.45) is 2.91. The van der Waals surface area contributed by atoms with Gasteiger partial charge in [-0.15, -0.1) is 0 Å². The molecule has 0 spiro atoms. The zero-order valence-corrected chi connectivity index (χ0v) is 13.4. The van der Waals surface area contributed by atoms with E-state index in [0.29, 0.717) is 32.3 Å². The number of methoxy groups -OCH3 is 1. The molecule has 6 nitrogen and oxygen atoms in total. The van der Waals surface area contributed by atoms with Gasteiger partial charge in [0.15, 0.2) is 0 Å². The molecule has 0 aliphatic rings. The minimum absolute atomic E-state index is 0.472. The predicted molar refractivity (Wildman–Crippen MR) is 83.0 cm³/mol. The van der Waals surface area contributed by atoms with E-state index in [4.69, 9.17) is 14.2 Å². The van der Waals surface area contributed by atoms with E-state index in [1.54, 1.807) is 7.11 Å². The smallest absolute Gasteiger partial charge is 0.218 e. The van der Waals surface area contributed by atoms with Gasteiger partial charge in [-0.25, -0.2) is 4.98 Å². The van der Waals surface area contributed by atoms with Crippen molar-refractivity contribution in [3.05, 3.63) is 11.9 Å². The summed E-state index contributed by atoms with van der Waals surface area (Å²) in [6, 6.07) is 1.84. The summed E-state index contributed by atoms with van der Waals surface area (Å²) in [5.41, 5.74) is 0. The van der Waals surface area contributed by atoms with Crippen molar-refractivity contribution in [3.8, 4) is 5.88 Å². The third-order valence-corrected chi connectivity index (χ3v) is 2.69. The van der Waals surface area contributed by atoms with Gasteiger partial charge >= 0.3 is 0 Å². The first kappa shape index (κ1) is 17.7. The highest BCUT2D eigenvalue weighted by atomic mass is 16.5. The lowest BCUT2D eigenvalue weighted by Gasteiger charge is -2.10. The van der Waals surface area contributed by atoms with Crippen LogP contribution in [0.4, 0.5) is 5.82 Å². The Morgan fingerprint density at radius 1 is 1.05 bits per heavy atom. The molecule has 0 aliphatic carbocycles. The number of nitrogens with zero attached hydrogens (tertiary/aromatic N) is 2. The molecule has 0 radical (unpaired) electrons. The number of ether oxygens (including phenoxy) is 3. The minimum atomic E-state index is 0.472. The van der Waals surface area contributed by atoms with Crippen molar-refractivity contribution in [1.82, 2.24) is 9.97 Å². The van der Waals surface area contributed by atoms with Crippen LogP contribution in [0.3, 0.4) is 0 Å². The summed E-state index contributed by atoms with van der Waals surface area (Å²) in [5.74, 6) is 2.24. The lowest BCUT2D eigenvalue weighted by Crippen LogP contribution is -2.12. The molecule has 0 saturated heterocycles. The van der Waals surface area contributed by atoms with Crippen molar-refractivity contribution < 1.29 is 14.2 Å². The van der Waals surface area contributed by atoms with Crippen LogP contribution in [-0.2, 0) is 15.9 Å². The number of nitrogens with one attached hydrogen (secondary N) is 1. The molecule has 1 heterocycles. The van der Waals surface area contributed by atoms with Crippen LogP contribution in [0.15, 0.2) is 6.07 Å². The zero-order valence-electron chi connectivity index (χ0n) is 13.4. The highest BCUT2D eigenvalue weighted by Crippen LogP contribution is 2.14. The van der Waals surface area contributed by atoms with Gasteiger partial charge in [-0.3, -0.25) is 0 Å². The van der Waals surface area contributed by atoms with Crippen LogP contribution in [0.2, 0.25) is 0 Å². The van der Waals surface area contributed by atoms with Crippen molar-refractivity contribution in [2.45, 2.75) is 33.1 Å². The molecule has 1 rings (SSSR count). The molecular weight excluding hydrogens is 270 g/mol. The topological polar surface area (TPSA) is 65.5 Å². The Bertz CT molecular complexity index is 388. The maximum Gasteiger partial charge on any atom is 0.218 e. The van der Waals surface area contributed by atoms with E-state index < -0.39 is 0 Å². The summed E-state index contributed by atoms with van der Waals surface area (Å²) in [7, 11) is 1.65. The fraction of sp³-hybridized carbons (Fsp3) is 0.733. The average Bonchev–Trinajstić information content (AvgIpc) is 2.49. The Labute approximate surface area is 127 Å². The van der Waals surface area contributed by atoms with Gasteiger partial charge in [0.05, 0.1) is 19.8 Å². The molecule has 0 aromatic carbocycles. The van der Waals surface area contributed by atoms with Gasteiger partial charge in [0.1, 0.15) is 18.2 Å². The van der Waals surface area contributed by atoms with E-state index in [0.717, 1.165) is 37.4 Å². The summed E-state index contributed by atoms with van der Waals surface area (Å²) in [4.78, 5) is 8.89. The fourth-order valence-electron chi connectivity index (χ4n) is 1.68. The Hall–Kier alpha value is -1.40. The summed E-state index contributed by atoms with van der Waals surface area (Å²) in [6.45, 7) is 7.29. The number of anilines is 1. The first-order valence-electron chi connectivity index (χ1n) is 7.61. The highest BCUT2D eigenvalue weighted by molar-refractivity contribution is 5.38. The normalized spacial score (nSPS) is 10.6. The lowest BCUT2D eigenvalue weighted by molar-refractivity contribution is 0.0536. The molecule has 0 saturated carbocycles. The molecule has 1 aromatic rings. The third kappa shape index (κ3) is 7.82. The van der Waals surface area contributed by atoms with Gasteiger partial charge in [0.25, 0.3) is 0 Å².